The Balaban J connectivity index is 1.62. The number of hydrogen-bond acceptors (Lipinski definition) is 8. The summed E-state index contributed by atoms with van der Waals surface area (Å²) in [6, 6.07) is 4.80. The Morgan fingerprint density at radius 1 is 1.32 bits per heavy atom. The first-order valence-electron chi connectivity index (χ1n) is 8.99. The van der Waals surface area contributed by atoms with Crippen LogP contribution < -0.4 is 10.2 Å². The number of thiophene rings is 1. The van der Waals surface area contributed by atoms with Crippen molar-refractivity contribution in [1.82, 2.24) is 10.3 Å². The number of carbonyl (C=O) groups excluding carboxylic acids is 1. The van der Waals surface area contributed by atoms with Gasteiger partial charge < -0.3 is 20.1 Å². The van der Waals surface area contributed by atoms with Gasteiger partial charge in [-0.3, -0.25) is 9.78 Å². The molecule has 2 saturated heterocycles. The minimum atomic E-state index is -3.33. The van der Waals surface area contributed by atoms with Gasteiger partial charge in [-0.2, -0.15) is 0 Å². The van der Waals surface area contributed by atoms with Crippen molar-refractivity contribution < 1.29 is 23.1 Å². The average Bonchev–Trinajstić information content (AvgIpc) is 3.24. The van der Waals surface area contributed by atoms with E-state index in [2.05, 4.69) is 15.2 Å². The van der Waals surface area contributed by atoms with Gasteiger partial charge in [0, 0.05) is 36.6 Å². The van der Waals surface area contributed by atoms with Crippen LogP contribution in [0.2, 0.25) is 0 Å². The van der Waals surface area contributed by atoms with Gasteiger partial charge in [-0.25, -0.2) is 8.42 Å². The van der Waals surface area contributed by atoms with E-state index < -0.39 is 22.0 Å². The lowest BCUT2D eigenvalue weighted by atomic mass is 10.1. The van der Waals surface area contributed by atoms with Crippen LogP contribution in [0.3, 0.4) is 0 Å². The molecule has 150 valence electrons. The van der Waals surface area contributed by atoms with E-state index in [4.69, 9.17) is 4.74 Å². The first-order chi connectivity index (χ1) is 13.4. The second kappa shape index (κ2) is 7.78. The monoisotopic (exact) mass is 423 g/mol. The lowest BCUT2D eigenvalue weighted by Crippen LogP contribution is -2.42. The van der Waals surface area contributed by atoms with E-state index in [1.54, 1.807) is 18.5 Å². The topological polar surface area (TPSA) is 109 Å². The van der Waals surface area contributed by atoms with Gasteiger partial charge in [-0.15, -0.1) is 11.3 Å². The summed E-state index contributed by atoms with van der Waals surface area (Å²) < 4.78 is 28.8. The third-order valence-corrected chi connectivity index (χ3v) is 7.76. The predicted molar refractivity (Wildman–Crippen MR) is 106 cm³/mol. The number of amides is 1. The third kappa shape index (κ3) is 4.04. The van der Waals surface area contributed by atoms with E-state index in [9.17, 15) is 18.3 Å². The minimum absolute atomic E-state index is 0.239. The van der Waals surface area contributed by atoms with Crippen molar-refractivity contribution in [2.24, 2.45) is 0 Å². The van der Waals surface area contributed by atoms with Crippen LogP contribution in [-0.2, 0) is 14.6 Å². The summed E-state index contributed by atoms with van der Waals surface area (Å²) in [6.45, 7) is 2.71. The van der Waals surface area contributed by atoms with E-state index in [1.165, 1.54) is 11.3 Å². The van der Waals surface area contributed by atoms with Crippen molar-refractivity contribution in [1.29, 1.82) is 0 Å². The van der Waals surface area contributed by atoms with Crippen molar-refractivity contribution >= 4 is 32.1 Å². The van der Waals surface area contributed by atoms with Crippen LogP contribution in [-0.4, -0.2) is 74.4 Å². The molecule has 28 heavy (non-hydrogen) atoms. The summed E-state index contributed by atoms with van der Waals surface area (Å²) in [5, 5.41) is 13.6. The largest absolute Gasteiger partial charge is 0.390 e. The van der Waals surface area contributed by atoms with Gasteiger partial charge in [-0.05, 0) is 12.1 Å². The smallest absolute Gasteiger partial charge is 0.261 e. The Morgan fingerprint density at radius 2 is 2.11 bits per heavy atom. The van der Waals surface area contributed by atoms with Gasteiger partial charge in [0.05, 0.1) is 46.7 Å². The number of aliphatic hydroxyl groups is 1. The molecule has 0 bridgehead atoms. The molecule has 1 amide bonds. The normalized spacial score (nSPS) is 24.2. The van der Waals surface area contributed by atoms with Crippen molar-refractivity contribution in [2.75, 3.05) is 42.7 Å². The molecule has 0 spiro atoms. The van der Waals surface area contributed by atoms with Gasteiger partial charge in [-0.1, -0.05) is 6.07 Å². The maximum Gasteiger partial charge on any atom is 0.261 e. The standard InChI is InChI=1S/C18H21N3O5S2/c22-15-11-28(24,25)10-14(15)20-17(23)16-8-13(12-2-1-3-19-9-12)18(27-16)21-4-6-26-7-5-21/h1-3,8-9,14-15,22H,4-7,10-11H2,(H,20,23)/t14-,15+/m1/s1. The number of rotatable bonds is 4. The molecule has 0 aliphatic carbocycles. The molecular formula is C18H21N3O5S2. The summed E-state index contributed by atoms with van der Waals surface area (Å²) in [6.07, 6.45) is 2.37. The van der Waals surface area contributed by atoms with E-state index >= 15 is 0 Å². The van der Waals surface area contributed by atoms with Gasteiger partial charge in [0.2, 0.25) is 0 Å². The molecule has 2 N–H and O–H groups in total. The highest BCUT2D eigenvalue weighted by Gasteiger charge is 2.37. The number of nitrogens with one attached hydrogen (secondary N) is 1. The van der Waals surface area contributed by atoms with Crippen LogP contribution in [0.1, 0.15) is 9.67 Å². The van der Waals surface area contributed by atoms with Crippen LogP contribution in [0, 0.1) is 0 Å². The average molecular weight is 424 g/mol. The molecule has 2 aromatic rings. The van der Waals surface area contributed by atoms with Crippen molar-refractivity contribution in [2.45, 2.75) is 12.1 Å². The van der Waals surface area contributed by atoms with Gasteiger partial charge >= 0.3 is 0 Å². The molecular weight excluding hydrogens is 402 g/mol. The van der Waals surface area contributed by atoms with Crippen LogP contribution in [0.15, 0.2) is 30.6 Å². The molecule has 2 aromatic heterocycles. The van der Waals surface area contributed by atoms with Gasteiger partial charge in [0.25, 0.3) is 5.91 Å². The fourth-order valence-electron chi connectivity index (χ4n) is 3.43. The molecule has 0 aromatic carbocycles. The quantitative estimate of drug-likeness (QED) is 0.739. The number of hydrogen-bond donors (Lipinski definition) is 2. The molecule has 0 radical (unpaired) electrons. The number of aromatic nitrogens is 1. The number of nitrogens with zero attached hydrogens (tertiary/aromatic N) is 2. The predicted octanol–water partition coefficient (Wildman–Crippen LogP) is 0.534. The summed E-state index contributed by atoms with van der Waals surface area (Å²) in [7, 11) is -3.33. The molecule has 8 nitrogen and oxygen atoms in total. The highest BCUT2D eigenvalue weighted by atomic mass is 32.2. The second-order valence-corrected chi connectivity index (χ2v) is 10.1. The van der Waals surface area contributed by atoms with Gasteiger partial charge in [0.1, 0.15) is 0 Å². The van der Waals surface area contributed by atoms with E-state index in [-0.39, 0.29) is 17.4 Å². The third-order valence-electron chi connectivity index (χ3n) is 4.85. The van der Waals surface area contributed by atoms with Crippen molar-refractivity contribution in [3.63, 3.8) is 0 Å². The number of carbonyl (C=O) groups is 1. The molecule has 4 heterocycles. The maximum absolute atomic E-state index is 12.8. The number of anilines is 1. The summed E-state index contributed by atoms with van der Waals surface area (Å²) in [5.74, 6) is -0.935. The molecule has 2 fully saturated rings. The molecule has 2 aliphatic heterocycles. The fraction of sp³-hybridized carbons (Fsp3) is 0.444. The Bertz CT molecular complexity index is 955. The van der Waals surface area contributed by atoms with Crippen molar-refractivity contribution in [3.05, 3.63) is 35.5 Å². The zero-order chi connectivity index (χ0) is 19.7. The minimum Gasteiger partial charge on any atom is -0.390 e. The van der Waals surface area contributed by atoms with Crippen LogP contribution in [0.5, 0.6) is 0 Å². The van der Waals surface area contributed by atoms with Gasteiger partial charge in [0.15, 0.2) is 9.84 Å². The summed E-state index contributed by atoms with van der Waals surface area (Å²) in [4.78, 5) is 19.6. The first kappa shape index (κ1) is 19.3. The molecule has 4 rings (SSSR count). The first-order valence-corrected chi connectivity index (χ1v) is 11.6. The zero-order valence-corrected chi connectivity index (χ0v) is 16.7. The van der Waals surface area contributed by atoms with E-state index in [1.807, 2.05) is 12.1 Å². The van der Waals surface area contributed by atoms with E-state index in [0.29, 0.717) is 18.1 Å². The summed E-state index contributed by atoms with van der Waals surface area (Å²) in [5.41, 5.74) is 1.81. The fourth-order valence-corrected chi connectivity index (χ4v) is 6.31. The Hall–Kier alpha value is -2.01. The Morgan fingerprint density at radius 3 is 2.75 bits per heavy atom. The second-order valence-electron chi connectivity index (χ2n) is 6.89. The lowest BCUT2D eigenvalue weighted by molar-refractivity contribution is 0.0893. The molecule has 0 unspecified atom stereocenters. The van der Waals surface area contributed by atoms with Crippen LogP contribution >= 0.6 is 11.3 Å². The zero-order valence-electron chi connectivity index (χ0n) is 15.1. The van der Waals surface area contributed by atoms with Crippen molar-refractivity contribution in [3.8, 4) is 11.1 Å². The van der Waals surface area contributed by atoms with E-state index in [0.717, 1.165) is 29.2 Å². The summed E-state index contributed by atoms with van der Waals surface area (Å²) >= 11 is 1.35. The lowest BCUT2D eigenvalue weighted by Gasteiger charge is -2.28. The van der Waals surface area contributed by atoms with Crippen LogP contribution in [0.4, 0.5) is 5.00 Å². The number of aliphatic hydroxyl groups excluding tert-OH is 1. The number of ether oxygens (including phenoxy) is 1. The van der Waals surface area contributed by atoms with Crippen LogP contribution in [0.25, 0.3) is 11.1 Å². The highest BCUT2D eigenvalue weighted by Crippen LogP contribution is 2.39. The maximum atomic E-state index is 12.8. The number of sulfone groups is 1. The number of morpholine rings is 1. The molecule has 0 saturated carbocycles. The Labute approximate surface area is 167 Å². The Kier molecular flexibility index (Phi) is 5.37. The highest BCUT2D eigenvalue weighted by molar-refractivity contribution is 7.91. The number of pyridine rings is 1. The molecule has 2 atom stereocenters. The SMILES string of the molecule is O=C(N[C@@H]1CS(=O)(=O)C[C@@H]1O)c1cc(-c2cccnc2)c(N2CCOCC2)s1. The molecule has 10 heteroatoms. The molecule has 2 aliphatic rings.